The lowest BCUT2D eigenvalue weighted by Gasteiger charge is -2.14. The van der Waals surface area contributed by atoms with Crippen molar-refractivity contribution in [2.24, 2.45) is 0 Å². The Bertz CT molecular complexity index is 835. The first-order chi connectivity index (χ1) is 11.7. The highest BCUT2D eigenvalue weighted by Gasteiger charge is 2.12. The van der Waals surface area contributed by atoms with Crippen molar-refractivity contribution in [3.05, 3.63) is 53.7 Å². The van der Waals surface area contributed by atoms with Gasteiger partial charge in [0, 0.05) is 11.9 Å². The summed E-state index contributed by atoms with van der Waals surface area (Å²) in [4.78, 5) is 12.3. The molecule has 0 saturated heterocycles. The van der Waals surface area contributed by atoms with E-state index in [4.69, 9.17) is 4.74 Å². The molecule has 1 amide bonds. The average molecular weight is 324 g/mol. The van der Waals surface area contributed by atoms with Crippen molar-refractivity contribution >= 4 is 17.2 Å². The summed E-state index contributed by atoms with van der Waals surface area (Å²) in [6, 6.07) is 11.9. The summed E-state index contributed by atoms with van der Waals surface area (Å²) in [5.41, 5.74) is 3.81. The van der Waals surface area contributed by atoms with Crippen LogP contribution in [-0.2, 0) is 17.6 Å². The maximum Gasteiger partial charge on any atom is 0.322 e. The van der Waals surface area contributed by atoms with E-state index in [0.29, 0.717) is 11.7 Å². The third-order valence-electron chi connectivity index (χ3n) is 3.88. The van der Waals surface area contributed by atoms with Gasteiger partial charge in [0.1, 0.15) is 0 Å². The van der Waals surface area contributed by atoms with E-state index in [2.05, 4.69) is 29.4 Å². The smallest absolute Gasteiger partial charge is 0.322 e. The van der Waals surface area contributed by atoms with Crippen molar-refractivity contribution in [3.63, 3.8) is 0 Å². The Hall–Kier alpha value is -2.89. The number of carbonyl (C=O) groups is 1. The van der Waals surface area contributed by atoms with E-state index in [1.165, 1.54) is 0 Å². The summed E-state index contributed by atoms with van der Waals surface area (Å²) in [5.74, 6) is -0.210. The number of aryl methyl sites for hydroxylation is 2. The van der Waals surface area contributed by atoms with E-state index in [-0.39, 0.29) is 12.5 Å². The molecule has 3 rings (SSSR count). The van der Waals surface area contributed by atoms with Crippen LogP contribution in [0, 0.1) is 0 Å². The van der Waals surface area contributed by atoms with Crippen LogP contribution in [0.4, 0.5) is 5.69 Å². The molecule has 0 aliphatic rings. The first-order valence-corrected chi connectivity index (χ1v) is 8.06. The Kier molecular flexibility index (Phi) is 4.74. The topological polar surface area (TPSA) is 68.5 Å². The molecule has 0 fully saturated rings. The van der Waals surface area contributed by atoms with Gasteiger partial charge in [-0.2, -0.15) is 0 Å². The van der Waals surface area contributed by atoms with Crippen molar-refractivity contribution in [2.75, 3.05) is 11.9 Å². The van der Waals surface area contributed by atoms with Crippen LogP contribution in [0.25, 0.3) is 5.65 Å². The number of anilines is 1. The van der Waals surface area contributed by atoms with Gasteiger partial charge in [0.25, 0.3) is 5.91 Å². The van der Waals surface area contributed by atoms with E-state index in [1.54, 1.807) is 10.6 Å². The van der Waals surface area contributed by atoms with Gasteiger partial charge in [0.05, 0.1) is 0 Å². The zero-order valence-corrected chi connectivity index (χ0v) is 13.8. The summed E-state index contributed by atoms with van der Waals surface area (Å²) in [5, 5.41) is 10.9. The highest BCUT2D eigenvalue weighted by molar-refractivity contribution is 5.93. The highest BCUT2D eigenvalue weighted by Crippen LogP contribution is 2.22. The van der Waals surface area contributed by atoms with Crippen LogP contribution >= 0.6 is 0 Å². The molecule has 0 saturated carbocycles. The number of nitrogens with zero attached hydrogens (tertiary/aromatic N) is 3. The molecule has 3 aromatic rings. The molecule has 124 valence electrons. The van der Waals surface area contributed by atoms with Gasteiger partial charge in [-0.25, -0.2) is 0 Å². The van der Waals surface area contributed by atoms with Gasteiger partial charge in [-0.15, -0.1) is 5.10 Å². The number of carbonyl (C=O) groups excluding carboxylic acids is 1. The fourth-order valence-electron chi connectivity index (χ4n) is 2.63. The minimum absolute atomic E-state index is 0.114. The lowest BCUT2D eigenvalue weighted by molar-refractivity contribution is -0.118. The van der Waals surface area contributed by atoms with Crippen LogP contribution in [0.3, 0.4) is 0 Å². The number of hydrogen-bond acceptors (Lipinski definition) is 4. The number of benzene rings is 1. The molecule has 0 aliphatic heterocycles. The van der Waals surface area contributed by atoms with Gasteiger partial charge >= 0.3 is 6.01 Å². The zero-order valence-electron chi connectivity index (χ0n) is 13.8. The van der Waals surface area contributed by atoms with Gasteiger partial charge < -0.3 is 10.1 Å². The molecule has 0 bridgehead atoms. The molecular weight excluding hydrogens is 304 g/mol. The number of amides is 1. The molecule has 0 radical (unpaired) electrons. The second-order valence-corrected chi connectivity index (χ2v) is 5.41. The summed E-state index contributed by atoms with van der Waals surface area (Å²) in [6.07, 6.45) is 3.52. The predicted molar refractivity (Wildman–Crippen MR) is 92.3 cm³/mol. The molecule has 6 heteroatoms. The minimum atomic E-state index is -0.210. The Labute approximate surface area is 140 Å². The summed E-state index contributed by atoms with van der Waals surface area (Å²) in [6.45, 7) is 4.03. The van der Waals surface area contributed by atoms with E-state index in [1.807, 2.05) is 36.4 Å². The van der Waals surface area contributed by atoms with Crippen molar-refractivity contribution < 1.29 is 9.53 Å². The van der Waals surface area contributed by atoms with Crippen molar-refractivity contribution in [2.45, 2.75) is 26.7 Å². The van der Waals surface area contributed by atoms with Crippen LogP contribution in [-0.4, -0.2) is 27.1 Å². The average Bonchev–Trinajstić information content (AvgIpc) is 3.03. The van der Waals surface area contributed by atoms with Crippen LogP contribution in [0.2, 0.25) is 0 Å². The van der Waals surface area contributed by atoms with Crippen molar-refractivity contribution in [1.82, 2.24) is 14.6 Å². The van der Waals surface area contributed by atoms with Gasteiger partial charge in [-0.05, 0) is 36.1 Å². The maximum absolute atomic E-state index is 12.3. The fourth-order valence-corrected chi connectivity index (χ4v) is 2.63. The lowest BCUT2D eigenvalue weighted by Crippen LogP contribution is -2.22. The van der Waals surface area contributed by atoms with Gasteiger partial charge in [-0.3, -0.25) is 9.20 Å². The summed E-state index contributed by atoms with van der Waals surface area (Å²) in [7, 11) is 0. The molecule has 0 aliphatic carbocycles. The Morgan fingerprint density at radius 3 is 2.54 bits per heavy atom. The molecule has 1 N–H and O–H groups in total. The molecular formula is C18H20N4O2. The quantitative estimate of drug-likeness (QED) is 0.757. The maximum atomic E-state index is 12.3. The first-order valence-electron chi connectivity index (χ1n) is 8.06. The standard InChI is InChI=1S/C18H20N4O2/c1-3-13-8-7-9-14(4-2)17(13)19-16(23)12-24-18-21-20-15-10-5-6-11-22(15)18/h5-11H,3-4,12H2,1-2H3,(H,19,23). The SMILES string of the molecule is CCc1cccc(CC)c1NC(=O)COc1nnc2ccccn12. The van der Waals surface area contributed by atoms with Crippen LogP contribution in [0.15, 0.2) is 42.6 Å². The molecule has 0 spiro atoms. The molecule has 0 unspecified atom stereocenters. The second kappa shape index (κ2) is 7.12. The Morgan fingerprint density at radius 1 is 1.08 bits per heavy atom. The first kappa shape index (κ1) is 16.0. The molecule has 24 heavy (non-hydrogen) atoms. The third kappa shape index (κ3) is 3.22. The summed E-state index contributed by atoms with van der Waals surface area (Å²) >= 11 is 0. The lowest BCUT2D eigenvalue weighted by atomic mass is 10.0. The number of pyridine rings is 1. The molecule has 6 nitrogen and oxygen atoms in total. The molecule has 1 aromatic carbocycles. The second-order valence-electron chi connectivity index (χ2n) is 5.41. The van der Waals surface area contributed by atoms with Crippen molar-refractivity contribution in [3.8, 4) is 6.01 Å². The van der Waals surface area contributed by atoms with Crippen molar-refractivity contribution in [1.29, 1.82) is 0 Å². The number of para-hydroxylation sites is 1. The Morgan fingerprint density at radius 2 is 1.83 bits per heavy atom. The highest BCUT2D eigenvalue weighted by atomic mass is 16.5. The number of ether oxygens (including phenoxy) is 1. The number of fused-ring (bicyclic) bond motifs is 1. The normalized spacial score (nSPS) is 10.8. The Balaban J connectivity index is 1.70. The van der Waals surface area contributed by atoms with Crippen LogP contribution < -0.4 is 10.1 Å². The fraction of sp³-hybridized carbons (Fsp3) is 0.278. The largest absolute Gasteiger partial charge is 0.453 e. The van der Waals surface area contributed by atoms with E-state index in [0.717, 1.165) is 29.7 Å². The van der Waals surface area contributed by atoms with Gasteiger partial charge in [-0.1, -0.05) is 43.2 Å². The summed E-state index contributed by atoms with van der Waals surface area (Å²) < 4.78 is 7.22. The number of aromatic nitrogens is 3. The number of hydrogen-bond donors (Lipinski definition) is 1. The van der Waals surface area contributed by atoms with Gasteiger partial charge in [0.15, 0.2) is 12.3 Å². The van der Waals surface area contributed by atoms with E-state index < -0.39 is 0 Å². The minimum Gasteiger partial charge on any atom is -0.453 e. The van der Waals surface area contributed by atoms with Gasteiger partial charge in [0.2, 0.25) is 0 Å². The van der Waals surface area contributed by atoms with Crippen LogP contribution in [0.1, 0.15) is 25.0 Å². The molecule has 2 heterocycles. The molecule has 0 atom stereocenters. The van der Waals surface area contributed by atoms with E-state index >= 15 is 0 Å². The third-order valence-corrected chi connectivity index (χ3v) is 3.88. The monoisotopic (exact) mass is 324 g/mol. The number of rotatable bonds is 6. The number of nitrogens with one attached hydrogen (secondary N) is 1. The van der Waals surface area contributed by atoms with E-state index in [9.17, 15) is 4.79 Å². The van der Waals surface area contributed by atoms with Crippen LogP contribution in [0.5, 0.6) is 6.01 Å². The predicted octanol–water partition coefficient (Wildman–Crippen LogP) is 2.87. The molecule has 2 aromatic heterocycles. The zero-order chi connectivity index (χ0) is 16.9.